The van der Waals surface area contributed by atoms with E-state index in [4.69, 9.17) is 0 Å². The molecule has 0 spiro atoms. The fraction of sp³-hybridized carbons (Fsp3) is 1.00. The average molecular weight is 255 g/mol. The summed E-state index contributed by atoms with van der Waals surface area (Å²) in [7, 11) is 0. The summed E-state index contributed by atoms with van der Waals surface area (Å²) < 4.78 is 0. The number of unbranched alkanes of at least 4 members (excludes halogenated alkanes) is 2. The molecule has 0 rings (SSSR count). The normalized spacial score (nSPS) is 14.0. The molecule has 0 aromatic heterocycles. The standard InChI is InChI=1S/C17H37N/c1-9-17(7,8)18-14-12-10-11-13-16(5,6)15(2,3)4/h18H,9-14H2,1-8H3. The lowest BCUT2D eigenvalue weighted by Crippen LogP contribution is -2.39. The third kappa shape index (κ3) is 6.78. The molecular weight excluding hydrogens is 218 g/mol. The van der Waals surface area contributed by atoms with Crippen molar-refractivity contribution in [1.82, 2.24) is 5.32 Å². The van der Waals surface area contributed by atoms with Crippen LogP contribution in [0.3, 0.4) is 0 Å². The summed E-state index contributed by atoms with van der Waals surface area (Å²) in [6.07, 6.45) is 6.56. The zero-order chi connectivity index (χ0) is 14.4. The summed E-state index contributed by atoms with van der Waals surface area (Å²) in [4.78, 5) is 0. The molecule has 0 aliphatic rings. The van der Waals surface area contributed by atoms with Crippen LogP contribution in [-0.4, -0.2) is 12.1 Å². The summed E-state index contributed by atoms with van der Waals surface area (Å²) in [6.45, 7) is 19.9. The van der Waals surface area contributed by atoms with Gasteiger partial charge in [-0.05, 0) is 50.5 Å². The Hall–Kier alpha value is -0.0400. The topological polar surface area (TPSA) is 12.0 Å². The zero-order valence-corrected chi connectivity index (χ0v) is 14.2. The predicted molar refractivity (Wildman–Crippen MR) is 84.1 cm³/mol. The Morgan fingerprint density at radius 3 is 1.78 bits per heavy atom. The Morgan fingerprint density at radius 2 is 1.33 bits per heavy atom. The molecule has 18 heavy (non-hydrogen) atoms. The first kappa shape index (κ1) is 18.0. The molecule has 0 aliphatic carbocycles. The Balaban J connectivity index is 3.70. The third-order valence-electron chi connectivity index (χ3n) is 5.00. The van der Waals surface area contributed by atoms with Crippen molar-refractivity contribution in [2.24, 2.45) is 10.8 Å². The van der Waals surface area contributed by atoms with E-state index in [1.807, 2.05) is 0 Å². The molecule has 1 N–H and O–H groups in total. The number of hydrogen-bond acceptors (Lipinski definition) is 1. The highest BCUT2D eigenvalue weighted by molar-refractivity contribution is 4.82. The molecule has 0 amide bonds. The first-order valence-corrected chi connectivity index (χ1v) is 7.77. The van der Waals surface area contributed by atoms with Crippen LogP contribution in [0.2, 0.25) is 0 Å². The molecule has 0 aliphatic heterocycles. The van der Waals surface area contributed by atoms with Gasteiger partial charge in [-0.3, -0.25) is 0 Å². The van der Waals surface area contributed by atoms with Crippen LogP contribution in [0.1, 0.15) is 87.5 Å². The summed E-state index contributed by atoms with van der Waals surface area (Å²) in [5, 5.41) is 3.64. The van der Waals surface area contributed by atoms with E-state index in [0.29, 0.717) is 16.4 Å². The lowest BCUT2D eigenvalue weighted by Gasteiger charge is -2.39. The highest BCUT2D eigenvalue weighted by Gasteiger charge is 2.31. The predicted octanol–water partition coefficient (Wildman–Crippen LogP) is 5.40. The van der Waals surface area contributed by atoms with Crippen molar-refractivity contribution in [3.8, 4) is 0 Å². The van der Waals surface area contributed by atoms with Gasteiger partial charge in [0.1, 0.15) is 0 Å². The van der Waals surface area contributed by atoms with Crippen LogP contribution < -0.4 is 5.32 Å². The van der Waals surface area contributed by atoms with E-state index in [-0.39, 0.29) is 0 Å². The van der Waals surface area contributed by atoms with Crippen LogP contribution in [0, 0.1) is 10.8 Å². The maximum absolute atomic E-state index is 3.64. The van der Waals surface area contributed by atoms with E-state index in [1.165, 1.54) is 32.1 Å². The van der Waals surface area contributed by atoms with Crippen molar-refractivity contribution < 1.29 is 0 Å². The second kappa shape index (κ2) is 6.93. The lowest BCUT2D eigenvalue weighted by atomic mass is 9.67. The minimum absolute atomic E-state index is 0.310. The van der Waals surface area contributed by atoms with Crippen molar-refractivity contribution in [2.75, 3.05) is 6.54 Å². The molecule has 0 atom stereocenters. The van der Waals surface area contributed by atoms with Gasteiger partial charge in [-0.25, -0.2) is 0 Å². The maximum atomic E-state index is 3.64. The lowest BCUT2D eigenvalue weighted by molar-refractivity contribution is 0.115. The minimum Gasteiger partial charge on any atom is -0.312 e. The molecule has 0 aromatic rings. The molecule has 110 valence electrons. The largest absolute Gasteiger partial charge is 0.312 e. The van der Waals surface area contributed by atoms with Crippen LogP contribution in [-0.2, 0) is 0 Å². The van der Waals surface area contributed by atoms with E-state index in [0.717, 1.165) is 6.54 Å². The maximum Gasteiger partial charge on any atom is 0.0122 e. The van der Waals surface area contributed by atoms with Crippen LogP contribution in [0.4, 0.5) is 0 Å². The van der Waals surface area contributed by atoms with E-state index in [9.17, 15) is 0 Å². The number of rotatable bonds is 8. The molecule has 0 saturated heterocycles. The second-order valence-electron chi connectivity index (χ2n) is 8.11. The van der Waals surface area contributed by atoms with Gasteiger partial charge in [-0.1, -0.05) is 54.4 Å². The van der Waals surface area contributed by atoms with Crippen molar-refractivity contribution in [2.45, 2.75) is 93.0 Å². The minimum atomic E-state index is 0.310. The first-order valence-electron chi connectivity index (χ1n) is 7.77. The van der Waals surface area contributed by atoms with Gasteiger partial charge in [0.25, 0.3) is 0 Å². The molecule has 0 unspecified atom stereocenters. The third-order valence-corrected chi connectivity index (χ3v) is 5.00. The van der Waals surface area contributed by atoms with Crippen molar-refractivity contribution in [3.05, 3.63) is 0 Å². The first-order chi connectivity index (χ1) is 8.02. The fourth-order valence-corrected chi connectivity index (χ4v) is 1.80. The Kier molecular flexibility index (Phi) is 6.92. The SMILES string of the molecule is CCC(C)(C)NCCCCCC(C)(C)C(C)(C)C. The summed E-state index contributed by atoms with van der Waals surface area (Å²) in [5.74, 6) is 0. The second-order valence-corrected chi connectivity index (χ2v) is 8.11. The van der Waals surface area contributed by atoms with Crippen LogP contribution in [0.15, 0.2) is 0 Å². The van der Waals surface area contributed by atoms with Crippen molar-refractivity contribution >= 4 is 0 Å². The molecular formula is C17H37N. The van der Waals surface area contributed by atoms with Gasteiger partial charge in [0.05, 0.1) is 0 Å². The smallest absolute Gasteiger partial charge is 0.0122 e. The highest BCUT2D eigenvalue weighted by atomic mass is 14.9. The monoisotopic (exact) mass is 255 g/mol. The quantitative estimate of drug-likeness (QED) is 0.573. The van der Waals surface area contributed by atoms with Crippen LogP contribution >= 0.6 is 0 Å². The summed E-state index contributed by atoms with van der Waals surface area (Å²) in [6, 6.07) is 0. The van der Waals surface area contributed by atoms with Crippen molar-refractivity contribution in [1.29, 1.82) is 0 Å². The van der Waals surface area contributed by atoms with Gasteiger partial charge in [-0.2, -0.15) is 0 Å². The van der Waals surface area contributed by atoms with Gasteiger partial charge < -0.3 is 5.32 Å². The van der Waals surface area contributed by atoms with Crippen molar-refractivity contribution in [3.63, 3.8) is 0 Å². The summed E-state index contributed by atoms with van der Waals surface area (Å²) >= 11 is 0. The van der Waals surface area contributed by atoms with E-state index < -0.39 is 0 Å². The van der Waals surface area contributed by atoms with E-state index in [1.54, 1.807) is 0 Å². The molecule has 1 heteroatoms. The molecule has 0 fully saturated rings. The zero-order valence-electron chi connectivity index (χ0n) is 14.2. The Labute approximate surface area is 116 Å². The van der Waals surface area contributed by atoms with Gasteiger partial charge >= 0.3 is 0 Å². The van der Waals surface area contributed by atoms with Crippen LogP contribution in [0.25, 0.3) is 0 Å². The highest BCUT2D eigenvalue weighted by Crippen LogP contribution is 2.41. The number of hydrogen-bond donors (Lipinski definition) is 1. The van der Waals surface area contributed by atoms with E-state index >= 15 is 0 Å². The van der Waals surface area contributed by atoms with Gasteiger partial charge in [0.2, 0.25) is 0 Å². The average Bonchev–Trinajstić information content (AvgIpc) is 2.21. The summed E-state index contributed by atoms with van der Waals surface area (Å²) in [5.41, 5.74) is 1.17. The molecule has 0 heterocycles. The fourth-order valence-electron chi connectivity index (χ4n) is 1.80. The van der Waals surface area contributed by atoms with Crippen LogP contribution in [0.5, 0.6) is 0 Å². The Morgan fingerprint density at radius 1 is 0.778 bits per heavy atom. The van der Waals surface area contributed by atoms with Gasteiger partial charge in [0, 0.05) is 5.54 Å². The molecule has 0 saturated carbocycles. The molecule has 1 nitrogen and oxygen atoms in total. The van der Waals surface area contributed by atoms with Gasteiger partial charge in [-0.15, -0.1) is 0 Å². The molecule has 0 aromatic carbocycles. The van der Waals surface area contributed by atoms with Gasteiger partial charge in [0.15, 0.2) is 0 Å². The molecule has 0 bridgehead atoms. The van der Waals surface area contributed by atoms with E-state index in [2.05, 4.69) is 60.7 Å². The number of nitrogens with one attached hydrogen (secondary N) is 1. The Bertz CT molecular complexity index is 220. The molecule has 0 radical (unpaired) electrons.